The fourth-order valence-electron chi connectivity index (χ4n) is 1.65. The van der Waals surface area contributed by atoms with E-state index in [2.05, 4.69) is 5.32 Å². The fraction of sp³-hybridized carbons (Fsp3) is 0.500. The topological polar surface area (TPSA) is 55.1 Å². The molecule has 1 aromatic carbocycles. The van der Waals surface area contributed by atoms with Crippen LogP contribution in [0.15, 0.2) is 24.3 Å². The van der Waals surface area contributed by atoms with Crippen molar-refractivity contribution >= 4 is 18.3 Å². The average Bonchev–Trinajstić information content (AvgIpc) is 2.39. The van der Waals surface area contributed by atoms with Gasteiger partial charge in [-0.2, -0.15) is 0 Å². The lowest BCUT2D eigenvalue weighted by Gasteiger charge is -2.17. The van der Waals surface area contributed by atoms with Crippen LogP contribution >= 0.6 is 12.4 Å². The molecule has 0 aliphatic rings. The van der Waals surface area contributed by atoms with Gasteiger partial charge >= 0.3 is 0 Å². The molecule has 2 atom stereocenters. The van der Waals surface area contributed by atoms with Crippen LogP contribution in [-0.4, -0.2) is 18.5 Å². The van der Waals surface area contributed by atoms with E-state index in [0.717, 1.165) is 6.42 Å². The molecule has 0 spiro atoms. The van der Waals surface area contributed by atoms with Crippen LogP contribution < -0.4 is 11.1 Å². The fourth-order valence-corrected chi connectivity index (χ4v) is 1.65. The number of amides is 1. The van der Waals surface area contributed by atoms with Crippen LogP contribution in [0.2, 0.25) is 0 Å². The largest absolute Gasteiger partial charge is 0.354 e. The zero-order valence-electron chi connectivity index (χ0n) is 11.4. The molecule has 5 heteroatoms. The average molecular weight is 289 g/mol. The molecule has 0 aliphatic heterocycles. The Morgan fingerprint density at radius 2 is 2.05 bits per heavy atom. The molecule has 0 radical (unpaired) electrons. The van der Waals surface area contributed by atoms with E-state index >= 15 is 0 Å². The molecule has 0 aliphatic carbocycles. The molecule has 0 heterocycles. The smallest absolute Gasteiger partial charge is 0.237 e. The minimum atomic E-state index is -0.490. The van der Waals surface area contributed by atoms with Crippen molar-refractivity contribution in [1.82, 2.24) is 5.32 Å². The number of hydrogen-bond acceptors (Lipinski definition) is 2. The van der Waals surface area contributed by atoms with Gasteiger partial charge in [-0.3, -0.25) is 4.79 Å². The molecule has 0 saturated heterocycles. The van der Waals surface area contributed by atoms with E-state index in [0.29, 0.717) is 18.5 Å². The van der Waals surface area contributed by atoms with Gasteiger partial charge in [0.15, 0.2) is 0 Å². The summed E-state index contributed by atoms with van der Waals surface area (Å²) in [5, 5.41) is 2.74. The minimum absolute atomic E-state index is 0. The van der Waals surface area contributed by atoms with Crippen LogP contribution in [-0.2, 0) is 11.2 Å². The SMILES string of the molecule is CCC(C)C(N)C(=O)NCCc1ccccc1F.Cl. The van der Waals surface area contributed by atoms with Crippen LogP contribution in [0, 0.1) is 11.7 Å². The normalized spacial score (nSPS) is 13.3. The third kappa shape index (κ3) is 5.57. The lowest BCUT2D eigenvalue weighted by Crippen LogP contribution is -2.45. The molecule has 3 N–H and O–H groups in total. The number of nitrogens with one attached hydrogen (secondary N) is 1. The molecule has 0 saturated carbocycles. The predicted molar refractivity (Wildman–Crippen MR) is 77.8 cm³/mol. The van der Waals surface area contributed by atoms with E-state index in [9.17, 15) is 9.18 Å². The molecule has 19 heavy (non-hydrogen) atoms. The Hall–Kier alpha value is -1.13. The van der Waals surface area contributed by atoms with E-state index in [1.807, 2.05) is 13.8 Å². The van der Waals surface area contributed by atoms with E-state index in [4.69, 9.17) is 5.73 Å². The van der Waals surface area contributed by atoms with Crippen molar-refractivity contribution in [2.75, 3.05) is 6.54 Å². The van der Waals surface area contributed by atoms with Crippen molar-refractivity contribution in [3.8, 4) is 0 Å². The lowest BCUT2D eigenvalue weighted by molar-refractivity contribution is -0.123. The molecule has 0 bridgehead atoms. The van der Waals surface area contributed by atoms with Gasteiger partial charge in [0, 0.05) is 6.54 Å². The zero-order valence-corrected chi connectivity index (χ0v) is 12.2. The highest BCUT2D eigenvalue weighted by Gasteiger charge is 2.18. The molecular formula is C14H22ClFN2O. The third-order valence-corrected chi connectivity index (χ3v) is 3.21. The first-order valence-corrected chi connectivity index (χ1v) is 6.33. The van der Waals surface area contributed by atoms with Gasteiger partial charge in [-0.15, -0.1) is 12.4 Å². The second-order valence-corrected chi connectivity index (χ2v) is 4.54. The number of benzene rings is 1. The monoisotopic (exact) mass is 288 g/mol. The van der Waals surface area contributed by atoms with E-state index < -0.39 is 6.04 Å². The maximum Gasteiger partial charge on any atom is 0.237 e. The summed E-state index contributed by atoms with van der Waals surface area (Å²) in [4.78, 5) is 11.7. The van der Waals surface area contributed by atoms with Crippen molar-refractivity contribution < 1.29 is 9.18 Å². The van der Waals surface area contributed by atoms with Gasteiger partial charge in [0.05, 0.1) is 6.04 Å². The molecule has 0 fully saturated rings. The Kier molecular flexibility index (Phi) is 8.35. The summed E-state index contributed by atoms with van der Waals surface area (Å²) in [7, 11) is 0. The molecule has 2 unspecified atom stereocenters. The van der Waals surface area contributed by atoms with E-state index in [-0.39, 0.29) is 30.0 Å². The van der Waals surface area contributed by atoms with E-state index in [1.165, 1.54) is 6.07 Å². The van der Waals surface area contributed by atoms with E-state index in [1.54, 1.807) is 18.2 Å². The number of carbonyl (C=O) groups is 1. The zero-order chi connectivity index (χ0) is 13.5. The number of carbonyl (C=O) groups excluding carboxylic acids is 1. The third-order valence-electron chi connectivity index (χ3n) is 3.21. The van der Waals surface area contributed by atoms with Crippen molar-refractivity contribution in [1.29, 1.82) is 0 Å². The summed E-state index contributed by atoms with van der Waals surface area (Å²) in [6, 6.07) is 6.08. The second kappa shape index (κ2) is 8.88. The van der Waals surface area contributed by atoms with Crippen molar-refractivity contribution in [2.45, 2.75) is 32.7 Å². The highest BCUT2D eigenvalue weighted by molar-refractivity contribution is 5.85. The highest BCUT2D eigenvalue weighted by atomic mass is 35.5. The Balaban J connectivity index is 0.00000324. The molecular weight excluding hydrogens is 267 g/mol. The van der Waals surface area contributed by atoms with Gasteiger partial charge in [0.1, 0.15) is 5.82 Å². The van der Waals surface area contributed by atoms with Gasteiger partial charge < -0.3 is 11.1 Å². The van der Waals surface area contributed by atoms with Crippen LogP contribution in [0.5, 0.6) is 0 Å². The summed E-state index contributed by atoms with van der Waals surface area (Å²) in [5.74, 6) is -0.253. The highest BCUT2D eigenvalue weighted by Crippen LogP contribution is 2.07. The van der Waals surface area contributed by atoms with Crippen LogP contribution in [0.25, 0.3) is 0 Å². The second-order valence-electron chi connectivity index (χ2n) is 4.54. The summed E-state index contributed by atoms with van der Waals surface area (Å²) >= 11 is 0. The van der Waals surface area contributed by atoms with Crippen molar-refractivity contribution in [3.63, 3.8) is 0 Å². The molecule has 1 amide bonds. The molecule has 1 rings (SSSR count). The Morgan fingerprint density at radius 1 is 1.42 bits per heavy atom. The van der Waals surface area contributed by atoms with Crippen molar-refractivity contribution in [2.24, 2.45) is 11.7 Å². The van der Waals surface area contributed by atoms with Gasteiger partial charge in [-0.25, -0.2) is 4.39 Å². The quantitative estimate of drug-likeness (QED) is 0.844. The molecule has 3 nitrogen and oxygen atoms in total. The van der Waals surface area contributed by atoms with Gasteiger partial charge in [0.25, 0.3) is 0 Å². The molecule has 0 aromatic heterocycles. The first-order chi connectivity index (χ1) is 8.56. The van der Waals surface area contributed by atoms with Gasteiger partial charge in [-0.1, -0.05) is 38.5 Å². The van der Waals surface area contributed by atoms with Gasteiger partial charge in [-0.05, 0) is 24.0 Å². The standard InChI is InChI=1S/C14H21FN2O.ClH/c1-3-10(2)13(16)14(18)17-9-8-11-6-4-5-7-12(11)15;/h4-7,10,13H,3,8-9,16H2,1-2H3,(H,17,18);1H. The Bertz CT molecular complexity index is 401. The van der Waals surface area contributed by atoms with Gasteiger partial charge in [0.2, 0.25) is 5.91 Å². The lowest BCUT2D eigenvalue weighted by atomic mass is 9.99. The first-order valence-electron chi connectivity index (χ1n) is 6.33. The molecule has 1 aromatic rings. The minimum Gasteiger partial charge on any atom is -0.354 e. The number of hydrogen-bond donors (Lipinski definition) is 2. The number of nitrogens with two attached hydrogens (primary N) is 1. The Morgan fingerprint density at radius 3 is 2.63 bits per heavy atom. The summed E-state index contributed by atoms with van der Waals surface area (Å²) in [5.41, 5.74) is 6.40. The summed E-state index contributed by atoms with van der Waals surface area (Å²) in [6.45, 7) is 4.35. The Labute approximate surface area is 120 Å². The maximum atomic E-state index is 13.3. The van der Waals surface area contributed by atoms with Crippen molar-refractivity contribution in [3.05, 3.63) is 35.6 Å². The first kappa shape index (κ1) is 17.9. The number of halogens is 2. The maximum absolute atomic E-state index is 13.3. The van der Waals surface area contributed by atoms with Crippen LogP contribution in [0.4, 0.5) is 4.39 Å². The van der Waals surface area contributed by atoms with Crippen LogP contribution in [0.3, 0.4) is 0 Å². The molecule has 108 valence electrons. The van der Waals surface area contributed by atoms with Crippen LogP contribution in [0.1, 0.15) is 25.8 Å². The summed E-state index contributed by atoms with van der Waals surface area (Å²) < 4.78 is 13.3. The number of rotatable bonds is 6. The summed E-state index contributed by atoms with van der Waals surface area (Å²) in [6.07, 6.45) is 1.34. The predicted octanol–water partition coefficient (Wildman–Crippen LogP) is 2.28.